The lowest BCUT2D eigenvalue weighted by Crippen LogP contribution is -2.14. The van der Waals surface area contributed by atoms with E-state index in [1.54, 1.807) is 0 Å². The molecule has 9 aromatic rings. The first-order valence-electron chi connectivity index (χ1n) is 16.5. The molecular weight excluding hydrogens is 569 g/mol. The number of fused-ring (bicyclic) bond motifs is 9. The summed E-state index contributed by atoms with van der Waals surface area (Å²) in [6.45, 7) is 4.69. The molecule has 0 bridgehead atoms. The molecule has 47 heavy (non-hydrogen) atoms. The summed E-state index contributed by atoms with van der Waals surface area (Å²) in [5.41, 5.74) is 15.2. The summed E-state index contributed by atoms with van der Waals surface area (Å²) in [6, 6.07) is 58.1. The molecule has 2 aromatic heterocycles. The Bertz CT molecular complexity index is 2700. The average Bonchev–Trinajstić information content (AvgIpc) is 3.72. The zero-order chi connectivity index (χ0) is 31.3. The van der Waals surface area contributed by atoms with E-state index in [4.69, 9.17) is 0 Å². The smallest absolute Gasteiger partial charge is 0.0562 e. The van der Waals surface area contributed by atoms with Crippen molar-refractivity contribution in [2.24, 2.45) is 0 Å². The van der Waals surface area contributed by atoms with Crippen molar-refractivity contribution in [2.45, 2.75) is 19.3 Å². The Hall–Kier alpha value is -5.86. The second-order valence-corrected chi connectivity index (χ2v) is 13.4. The van der Waals surface area contributed by atoms with Gasteiger partial charge in [-0.3, -0.25) is 0 Å². The summed E-state index contributed by atoms with van der Waals surface area (Å²) >= 11 is 0. The number of hydrogen-bond donors (Lipinski definition) is 0. The third kappa shape index (κ3) is 3.61. The maximum atomic E-state index is 2.47. The van der Waals surface area contributed by atoms with Crippen LogP contribution in [-0.2, 0) is 5.41 Å². The summed E-state index contributed by atoms with van der Waals surface area (Å²) in [6.07, 6.45) is 0. The van der Waals surface area contributed by atoms with Gasteiger partial charge < -0.3 is 9.13 Å². The Labute approximate surface area is 273 Å². The molecular formula is C45H32N2. The fraction of sp³-hybridized carbons (Fsp3) is 0.0667. The molecule has 1 aliphatic rings. The van der Waals surface area contributed by atoms with Crippen LogP contribution in [0.4, 0.5) is 0 Å². The molecule has 2 heteroatoms. The van der Waals surface area contributed by atoms with E-state index in [1.165, 1.54) is 88.4 Å². The lowest BCUT2D eigenvalue weighted by Gasteiger charge is -2.21. The zero-order valence-electron chi connectivity index (χ0n) is 26.4. The quantitative estimate of drug-likeness (QED) is 0.191. The van der Waals surface area contributed by atoms with Crippen LogP contribution in [0.15, 0.2) is 158 Å². The van der Waals surface area contributed by atoms with Crippen molar-refractivity contribution in [3.8, 4) is 33.6 Å². The topological polar surface area (TPSA) is 9.86 Å². The van der Waals surface area contributed by atoms with Gasteiger partial charge in [0.2, 0.25) is 0 Å². The predicted molar refractivity (Wildman–Crippen MR) is 198 cm³/mol. The van der Waals surface area contributed by atoms with Crippen molar-refractivity contribution in [3.63, 3.8) is 0 Å². The third-order valence-electron chi connectivity index (χ3n) is 10.5. The molecule has 0 atom stereocenters. The standard InChI is InChI=1S/C45H32N2/c1-45(2)37-18-9-6-15-32(37)35-27-29(23-25-38(35)45)30-24-26-41-36(28-30)33-16-7-10-19-39(33)47(41)43-22-12-21-42-44(43)34-17-8-11-20-40(34)46(42)31-13-4-3-5-14-31/h3-28H,1-2H3. The van der Waals surface area contributed by atoms with Crippen LogP contribution in [0.3, 0.4) is 0 Å². The largest absolute Gasteiger partial charge is 0.309 e. The highest BCUT2D eigenvalue weighted by Crippen LogP contribution is 2.50. The molecule has 0 unspecified atom stereocenters. The van der Waals surface area contributed by atoms with Crippen LogP contribution in [-0.4, -0.2) is 9.13 Å². The van der Waals surface area contributed by atoms with Gasteiger partial charge in [0, 0.05) is 32.6 Å². The van der Waals surface area contributed by atoms with E-state index in [1.807, 2.05) is 0 Å². The number of benzene rings is 7. The summed E-state index contributed by atoms with van der Waals surface area (Å²) < 4.78 is 4.87. The Morgan fingerprint density at radius 1 is 0.404 bits per heavy atom. The van der Waals surface area contributed by atoms with Crippen LogP contribution in [0.25, 0.3) is 77.2 Å². The molecule has 0 aliphatic heterocycles. The van der Waals surface area contributed by atoms with Crippen molar-refractivity contribution in [1.29, 1.82) is 0 Å². The number of aromatic nitrogens is 2. The van der Waals surface area contributed by atoms with E-state index in [0.29, 0.717) is 0 Å². The molecule has 1 aliphatic carbocycles. The molecule has 2 heterocycles. The number of rotatable bonds is 3. The van der Waals surface area contributed by atoms with Crippen molar-refractivity contribution in [1.82, 2.24) is 9.13 Å². The summed E-state index contributed by atoms with van der Waals surface area (Å²) in [7, 11) is 0. The second kappa shape index (κ2) is 9.57. The molecule has 10 rings (SSSR count). The van der Waals surface area contributed by atoms with Gasteiger partial charge >= 0.3 is 0 Å². The second-order valence-electron chi connectivity index (χ2n) is 13.4. The van der Waals surface area contributed by atoms with Gasteiger partial charge in [0.15, 0.2) is 0 Å². The van der Waals surface area contributed by atoms with Crippen LogP contribution in [0.1, 0.15) is 25.0 Å². The van der Waals surface area contributed by atoms with E-state index in [-0.39, 0.29) is 5.41 Å². The number of nitrogens with zero attached hydrogens (tertiary/aromatic N) is 2. The SMILES string of the molecule is CC1(C)c2ccccc2-c2cc(-c3ccc4c(c3)c3ccccc3n4-c3cccc4c3c3ccccc3n4-c3ccccc3)ccc21. The van der Waals surface area contributed by atoms with Gasteiger partial charge in [-0.15, -0.1) is 0 Å². The predicted octanol–water partition coefficient (Wildman–Crippen LogP) is 11.9. The highest BCUT2D eigenvalue weighted by atomic mass is 15.0. The first kappa shape index (κ1) is 26.4. The Kier molecular flexibility index (Phi) is 5.37. The first-order valence-corrected chi connectivity index (χ1v) is 16.5. The Morgan fingerprint density at radius 3 is 1.87 bits per heavy atom. The molecule has 0 saturated heterocycles. The van der Waals surface area contributed by atoms with Crippen LogP contribution in [0.5, 0.6) is 0 Å². The molecule has 7 aromatic carbocycles. The molecule has 0 N–H and O–H groups in total. The highest BCUT2D eigenvalue weighted by Gasteiger charge is 2.35. The Morgan fingerprint density at radius 2 is 1.02 bits per heavy atom. The highest BCUT2D eigenvalue weighted by molar-refractivity contribution is 6.16. The average molecular weight is 601 g/mol. The molecule has 0 amide bonds. The van der Waals surface area contributed by atoms with E-state index in [9.17, 15) is 0 Å². The minimum Gasteiger partial charge on any atom is -0.309 e. The van der Waals surface area contributed by atoms with E-state index >= 15 is 0 Å². The summed E-state index contributed by atoms with van der Waals surface area (Å²) in [5.74, 6) is 0. The molecule has 0 fully saturated rings. The monoisotopic (exact) mass is 600 g/mol. The molecule has 0 saturated carbocycles. The summed E-state index contributed by atoms with van der Waals surface area (Å²) in [5, 5.41) is 5.05. The fourth-order valence-electron chi connectivity index (χ4n) is 8.35. The van der Waals surface area contributed by atoms with Gasteiger partial charge in [0.25, 0.3) is 0 Å². The van der Waals surface area contributed by atoms with Gasteiger partial charge in [-0.25, -0.2) is 0 Å². The number of hydrogen-bond acceptors (Lipinski definition) is 0. The van der Waals surface area contributed by atoms with Gasteiger partial charge in [-0.1, -0.05) is 117 Å². The van der Waals surface area contributed by atoms with Crippen molar-refractivity contribution in [3.05, 3.63) is 169 Å². The maximum absolute atomic E-state index is 2.47. The zero-order valence-corrected chi connectivity index (χ0v) is 26.4. The van der Waals surface area contributed by atoms with Crippen LogP contribution < -0.4 is 0 Å². The molecule has 0 radical (unpaired) electrons. The van der Waals surface area contributed by atoms with Gasteiger partial charge in [-0.2, -0.15) is 0 Å². The summed E-state index contributed by atoms with van der Waals surface area (Å²) in [4.78, 5) is 0. The van der Waals surface area contributed by atoms with Crippen molar-refractivity contribution in [2.75, 3.05) is 0 Å². The van der Waals surface area contributed by atoms with E-state index < -0.39 is 0 Å². The van der Waals surface area contributed by atoms with Gasteiger partial charge in [0.05, 0.1) is 27.8 Å². The van der Waals surface area contributed by atoms with Crippen molar-refractivity contribution < 1.29 is 0 Å². The van der Waals surface area contributed by atoms with Crippen molar-refractivity contribution >= 4 is 43.6 Å². The minimum absolute atomic E-state index is 0.00643. The van der Waals surface area contributed by atoms with Gasteiger partial charge in [-0.05, 0) is 88.0 Å². The maximum Gasteiger partial charge on any atom is 0.0562 e. The first-order chi connectivity index (χ1) is 23.1. The molecule has 2 nitrogen and oxygen atoms in total. The number of para-hydroxylation sites is 3. The van der Waals surface area contributed by atoms with Crippen LogP contribution >= 0.6 is 0 Å². The fourth-order valence-corrected chi connectivity index (χ4v) is 8.35. The molecule has 222 valence electrons. The van der Waals surface area contributed by atoms with Crippen LogP contribution in [0, 0.1) is 0 Å². The van der Waals surface area contributed by atoms with Gasteiger partial charge in [0.1, 0.15) is 0 Å². The van der Waals surface area contributed by atoms with E-state index in [0.717, 1.165) is 0 Å². The Balaban J connectivity index is 1.22. The lowest BCUT2D eigenvalue weighted by atomic mass is 9.82. The lowest BCUT2D eigenvalue weighted by molar-refractivity contribution is 0.660. The molecule has 0 spiro atoms. The normalized spacial score (nSPS) is 13.5. The van der Waals surface area contributed by atoms with Crippen LogP contribution in [0.2, 0.25) is 0 Å². The minimum atomic E-state index is 0.00643. The third-order valence-corrected chi connectivity index (χ3v) is 10.5. The van der Waals surface area contributed by atoms with E-state index in [2.05, 4.69) is 181 Å².